The molecule has 0 radical (unpaired) electrons. The highest BCUT2D eigenvalue weighted by atomic mass is 16.1. The molecule has 2 aromatic heterocycles. The summed E-state index contributed by atoms with van der Waals surface area (Å²) >= 11 is 0. The van der Waals surface area contributed by atoms with Gasteiger partial charge in [0.15, 0.2) is 5.82 Å². The van der Waals surface area contributed by atoms with Crippen molar-refractivity contribution in [3.05, 3.63) is 48.7 Å². The van der Waals surface area contributed by atoms with E-state index in [4.69, 9.17) is 5.73 Å². The summed E-state index contributed by atoms with van der Waals surface area (Å²) in [5.41, 5.74) is 6.12. The molecule has 3 rings (SSSR count). The van der Waals surface area contributed by atoms with Gasteiger partial charge in [-0.1, -0.05) is 18.2 Å². The number of rotatable bonds is 5. The van der Waals surface area contributed by atoms with Crippen LogP contribution in [0.3, 0.4) is 0 Å². The Morgan fingerprint density at radius 1 is 1.29 bits per heavy atom. The molecular weight excluding hydrogens is 268 g/mol. The normalized spacial score (nSPS) is 10.7. The van der Waals surface area contributed by atoms with Crippen LogP contribution < -0.4 is 11.1 Å². The van der Waals surface area contributed by atoms with Gasteiger partial charge in [0.25, 0.3) is 5.91 Å². The molecule has 0 atom stereocenters. The Bertz CT molecular complexity index is 782. The quantitative estimate of drug-likeness (QED) is 0.728. The predicted molar refractivity (Wildman–Crippen MR) is 78.8 cm³/mol. The Kier molecular flexibility index (Phi) is 3.46. The number of amides is 1. The van der Waals surface area contributed by atoms with E-state index in [2.05, 4.69) is 20.3 Å². The summed E-state index contributed by atoms with van der Waals surface area (Å²) in [6.07, 6.45) is 5.03. The summed E-state index contributed by atoms with van der Waals surface area (Å²) in [4.78, 5) is 23.7. The fourth-order valence-electron chi connectivity index (χ4n) is 2.06. The van der Waals surface area contributed by atoms with E-state index >= 15 is 0 Å². The molecule has 1 amide bonds. The molecule has 0 bridgehead atoms. The van der Waals surface area contributed by atoms with E-state index < -0.39 is 5.91 Å². The lowest BCUT2D eigenvalue weighted by Gasteiger charge is -2.07. The molecular formula is C14H14N6O. The van der Waals surface area contributed by atoms with Crippen molar-refractivity contribution < 1.29 is 4.79 Å². The van der Waals surface area contributed by atoms with Crippen LogP contribution in [0, 0.1) is 0 Å². The van der Waals surface area contributed by atoms with Gasteiger partial charge in [-0.2, -0.15) is 0 Å². The first-order chi connectivity index (χ1) is 10.2. The smallest absolute Gasteiger partial charge is 0.284 e. The van der Waals surface area contributed by atoms with Crippen molar-refractivity contribution in [1.82, 2.24) is 19.5 Å². The highest BCUT2D eigenvalue weighted by Gasteiger charge is 2.08. The number of primary amides is 1. The second-order valence-corrected chi connectivity index (χ2v) is 4.49. The summed E-state index contributed by atoms with van der Waals surface area (Å²) in [7, 11) is 0. The third-order valence-electron chi connectivity index (χ3n) is 3.06. The zero-order valence-electron chi connectivity index (χ0n) is 11.2. The Morgan fingerprint density at radius 3 is 3.00 bits per heavy atom. The third kappa shape index (κ3) is 2.81. The van der Waals surface area contributed by atoms with Gasteiger partial charge in [0.05, 0.1) is 5.52 Å². The van der Waals surface area contributed by atoms with E-state index in [9.17, 15) is 4.79 Å². The lowest BCUT2D eigenvalue weighted by molar-refractivity contribution is 0.0986. The summed E-state index contributed by atoms with van der Waals surface area (Å²) < 4.78 is 1.69. The average molecular weight is 282 g/mol. The zero-order valence-corrected chi connectivity index (χ0v) is 11.2. The van der Waals surface area contributed by atoms with Crippen molar-refractivity contribution in [2.75, 3.05) is 11.9 Å². The Labute approximate surface area is 120 Å². The summed E-state index contributed by atoms with van der Waals surface area (Å²) in [5, 5.41) is 4.11. The van der Waals surface area contributed by atoms with Gasteiger partial charge in [-0.15, -0.1) is 0 Å². The van der Waals surface area contributed by atoms with E-state index in [0.717, 1.165) is 10.9 Å². The molecule has 2 heterocycles. The van der Waals surface area contributed by atoms with Gasteiger partial charge in [0.1, 0.15) is 0 Å². The van der Waals surface area contributed by atoms with Crippen LogP contribution in [0.25, 0.3) is 10.9 Å². The summed E-state index contributed by atoms with van der Waals surface area (Å²) in [6, 6.07) is 7.78. The first-order valence-electron chi connectivity index (χ1n) is 6.50. The second-order valence-electron chi connectivity index (χ2n) is 4.49. The molecule has 0 saturated carbocycles. The number of anilines is 1. The van der Waals surface area contributed by atoms with Crippen LogP contribution in [0.5, 0.6) is 0 Å². The van der Waals surface area contributed by atoms with Crippen molar-refractivity contribution in [3.63, 3.8) is 0 Å². The number of imidazole rings is 1. The molecule has 0 unspecified atom stereocenters. The van der Waals surface area contributed by atoms with Gasteiger partial charge in [-0.3, -0.25) is 4.79 Å². The van der Waals surface area contributed by atoms with E-state index in [0.29, 0.717) is 19.0 Å². The van der Waals surface area contributed by atoms with Gasteiger partial charge >= 0.3 is 0 Å². The second kappa shape index (κ2) is 5.58. The van der Waals surface area contributed by atoms with Crippen LogP contribution in [-0.2, 0) is 6.54 Å². The lowest BCUT2D eigenvalue weighted by Crippen LogP contribution is -2.20. The summed E-state index contributed by atoms with van der Waals surface area (Å²) in [5.74, 6) is 0.257. The summed E-state index contributed by atoms with van der Waals surface area (Å²) in [6.45, 7) is 1.11. The molecule has 7 nitrogen and oxygen atoms in total. The number of para-hydroxylation sites is 1. The van der Waals surface area contributed by atoms with Crippen molar-refractivity contribution >= 4 is 22.8 Å². The van der Waals surface area contributed by atoms with Crippen LogP contribution in [0.4, 0.5) is 5.95 Å². The van der Waals surface area contributed by atoms with Crippen LogP contribution in [0.1, 0.15) is 10.6 Å². The van der Waals surface area contributed by atoms with Gasteiger partial charge in [0.2, 0.25) is 5.95 Å². The number of benzene rings is 1. The molecule has 1 aromatic carbocycles. The first kappa shape index (κ1) is 13.0. The molecule has 106 valence electrons. The topological polar surface area (TPSA) is 98.7 Å². The van der Waals surface area contributed by atoms with Gasteiger partial charge in [0, 0.05) is 37.1 Å². The number of carbonyl (C=O) groups excluding carboxylic acids is 1. The van der Waals surface area contributed by atoms with E-state index in [1.54, 1.807) is 23.2 Å². The minimum absolute atomic E-state index is 0.247. The molecule has 0 aliphatic heterocycles. The number of nitrogens with one attached hydrogen (secondary N) is 1. The Hall–Kier alpha value is -2.96. The van der Waals surface area contributed by atoms with Crippen LogP contribution >= 0.6 is 0 Å². The highest BCUT2D eigenvalue weighted by molar-refractivity contribution is 5.89. The highest BCUT2D eigenvalue weighted by Crippen LogP contribution is 2.11. The van der Waals surface area contributed by atoms with Gasteiger partial charge in [-0.05, 0) is 6.07 Å². The maximum absolute atomic E-state index is 11.2. The van der Waals surface area contributed by atoms with Crippen molar-refractivity contribution in [2.45, 2.75) is 6.54 Å². The number of hydrogen-bond donors (Lipinski definition) is 2. The van der Waals surface area contributed by atoms with Crippen LogP contribution in [-0.4, -0.2) is 32.0 Å². The maximum atomic E-state index is 11.2. The van der Waals surface area contributed by atoms with E-state index in [-0.39, 0.29) is 5.82 Å². The largest absolute Gasteiger partial charge is 0.363 e. The van der Waals surface area contributed by atoms with Crippen molar-refractivity contribution in [3.8, 4) is 0 Å². The Balaban J connectivity index is 1.66. The number of carbonyl (C=O) groups is 1. The first-order valence-corrected chi connectivity index (χ1v) is 6.50. The lowest BCUT2D eigenvalue weighted by atomic mass is 10.2. The van der Waals surface area contributed by atoms with E-state index in [1.807, 2.05) is 24.3 Å². The number of aromatic nitrogens is 4. The third-order valence-corrected chi connectivity index (χ3v) is 3.06. The van der Waals surface area contributed by atoms with Gasteiger partial charge in [-0.25, -0.2) is 15.0 Å². The molecule has 7 heteroatoms. The van der Waals surface area contributed by atoms with Gasteiger partial charge < -0.3 is 15.6 Å². The molecule has 0 aliphatic rings. The van der Waals surface area contributed by atoms with E-state index in [1.165, 1.54) is 0 Å². The van der Waals surface area contributed by atoms with Crippen LogP contribution in [0.2, 0.25) is 0 Å². The fraction of sp³-hybridized carbons (Fsp3) is 0.143. The zero-order chi connectivity index (χ0) is 14.7. The fourth-order valence-corrected chi connectivity index (χ4v) is 2.06. The Morgan fingerprint density at radius 2 is 2.14 bits per heavy atom. The van der Waals surface area contributed by atoms with Crippen molar-refractivity contribution in [1.29, 1.82) is 0 Å². The standard InChI is InChI=1S/C14H14N6O/c15-12(21)13-16-5-7-20(13)8-6-17-14-18-9-10-3-1-2-4-11(10)19-14/h1-5,7,9H,6,8H2,(H2,15,21)(H,17,18,19). The molecule has 0 saturated heterocycles. The molecule has 3 N–H and O–H groups in total. The molecule has 0 spiro atoms. The molecule has 0 fully saturated rings. The number of nitrogens with zero attached hydrogens (tertiary/aromatic N) is 4. The minimum atomic E-state index is -0.540. The van der Waals surface area contributed by atoms with Crippen molar-refractivity contribution in [2.24, 2.45) is 5.73 Å². The SMILES string of the molecule is NC(=O)c1nccn1CCNc1ncc2ccccc2n1. The molecule has 3 aromatic rings. The average Bonchev–Trinajstić information content (AvgIpc) is 2.96. The van der Waals surface area contributed by atoms with Crippen LogP contribution in [0.15, 0.2) is 42.9 Å². The number of nitrogens with two attached hydrogens (primary N) is 1. The number of fused-ring (bicyclic) bond motifs is 1. The maximum Gasteiger partial charge on any atom is 0.284 e. The minimum Gasteiger partial charge on any atom is -0.363 e. The number of hydrogen-bond acceptors (Lipinski definition) is 5. The molecule has 21 heavy (non-hydrogen) atoms. The molecule has 0 aliphatic carbocycles. The monoisotopic (exact) mass is 282 g/mol. The predicted octanol–water partition coefficient (Wildman–Crippen LogP) is 1.04.